The van der Waals surface area contributed by atoms with Gasteiger partial charge in [-0.1, -0.05) is 24.3 Å². The number of nitrogens with two attached hydrogens (primary N) is 1. The highest BCUT2D eigenvalue weighted by Crippen LogP contribution is 2.24. The normalized spacial score (nSPS) is 15.3. The van der Waals surface area contributed by atoms with Gasteiger partial charge in [0.25, 0.3) is 0 Å². The Balaban J connectivity index is 1.46. The largest absolute Gasteiger partial charge is 0.573 e. The number of alkyl halides is 3. The Labute approximate surface area is 155 Å². The minimum atomic E-state index is -4.70. The number of ether oxygens (including phenoxy) is 1. The molecule has 2 aromatic carbocycles. The first-order valence-electron chi connectivity index (χ1n) is 8.61. The topological polar surface area (TPSA) is 62.9 Å². The van der Waals surface area contributed by atoms with Gasteiger partial charge in [-0.15, -0.1) is 13.2 Å². The van der Waals surface area contributed by atoms with E-state index in [0.29, 0.717) is 12.2 Å². The maximum atomic E-state index is 12.1. The van der Waals surface area contributed by atoms with E-state index in [2.05, 4.69) is 38.1 Å². The van der Waals surface area contributed by atoms with Gasteiger partial charge < -0.3 is 15.8 Å². The van der Waals surface area contributed by atoms with Gasteiger partial charge in [-0.2, -0.15) is 0 Å². The van der Waals surface area contributed by atoms with E-state index in [9.17, 15) is 13.2 Å². The lowest BCUT2D eigenvalue weighted by Gasteiger charge is -2.28. The average Bonchev–Trinajstić information content (AvgIpc) is 2.62. The number of aliphatic imine (C=N–C) groups is 1. The third-order valence-corrected chi connectivity index (χ3v) is 4.27. The molecule has 5 nitrogen and oxygen atoms in total. The summed E-state index contributed by atoms with van der Waals surface area (Å²) in [6.45, 7) is 3.21. The van der Waals surface area contributed by atoms with Crippen molar-refractivity contribution >= 4 is 11.6 Å². The fourth-order valence-electron chi connectivity index (χ4n) is 2.98. The second-order valence-electron chi connectivity index (χ2n) is 6.26. The molecule has 0 amide bonds. The van der Waals surface area contributed by atoms with Crippen molar-refractivity contribution in [3.8, 4) is 5.75 Å². The molecule has 0 saturated carbocycles. The van der Waals surface area contributed by atoms with Crippen LogP contribution in [-0.4, -0.2) is 36.9 Å². The summed E-state index contributed by atoms with van der Waals surface area (Å²) in [5, 5.41) is 2.86. The van der Waals surface area contributed by atoms with E-state index in [0.717, 1.165) is 26.1 Å². The third kappa shape index (κ3) is 5.89. The first kappa shape index (κ1) is 19.0. The highest BCUT2D eigenvalue weighted by atomic mass is 19.4. The van der Waals surface area contributed by atoms with Gasteiger partial charge in [0.1, 0.15) is 5.75 Å². The summed E-state index contributed by atoms with van der Waals surface area (Å²) >= 11 is 0. The Morgan fingerprint density at radius 3 is 2.52 bits per heavy atom. The number of nitrogens with one attached hydrogen (secondary N) is 1. The van der Waals surface area contributed by atoms with Crippen molar-refractivity contribution in [1.82, 2.24) is 4.90 Å². The van der Waals surface area contributed by atoms with Crippen molar-refractivity contribution in [3.63, 3.8) is 0 Å². The molecule has 3 N–H and O–H groups in total. The number of halogens is 3. The molecule has 0 unspecified atom stereocenters. The summed E-state index contributed by atoms with van der Waals surface area (Å²) in [5.74, 6) is -0.0640. The standard InChI is InChI=1S/C19H21F3N4O/c20-19(21,22)27-17-7-5-16(6-8-17)25-18(23)24-10-12-26-11-9-14-3-1-2-4-15(14)13-26/h1-8H,9-13H2,(H3,23,24,25). The molecule has 144 valence electrons. The summed E-state index contributed by atoms with van der Waals surface area (Å²) in [7, 11) is 0. The third-order valence-electron chi connectivity index (χ3n) is 4.27. The van der Waals surface area contributed by atoms with E-state index in [4.69, 9.17) is 5.73 Å². The van der Waals surface area contributed by atoms with Crippen molar-refractivity contribution in [1.29, 1.82) is 0 Å². The number of nitrogens with zero attached hydrogens (tertiary/aromatic N) is 2. The second-order valence-corrected chi connectivity index (χ2v) is 6.26. The number of hydrogen-bond acceptors (Lipinski definition) is 3. The Hall–Kier alpha value is -2.74. The summed E-state index contributed by atoms with van der Waals surface area (Å²) in [5.41, 5.74) is 9.13. The minimum Gasteiger partial charge on any atom is -0.406 e. The highest BCUT2D eigenvalue weighted by molar-refractivity contribution is 5.92. The van der Waals surface area contributed by atoms with Crippen molar-refractivity contribution < 1.29 is 17.9 Å². The highest BCUT2D eigenvalue weighted by Gasteiger charge is 2.30. The molecule has 1 aliphatic heterocycles. The number of anilines is 1. The summed E-state index contributed by atoms with van der Waals surface area (Å²) in [4.78, 5) is 6.60. The molecule has 2 aromatic rings. The monoisotopic (exact) mass is 378 g/mol. The molecule has 0 radical (unpaired) electrons. The fraction of sp³-hybridized carbons (Fsp3) is 0.316. The van der Waals surface area contributed by atoms with E-state index in [1.54, 1.807) is 0 Å². The smallest absolute Gasteiger partial charge is 0.406 e. The fourth-order valence-corrected chi connectivity index (χ4v) is 2.98. The molecule has 0 aliphatic carbocycles. The van der Waals surface area contributed by atoms with E-state index in [-0.39, 0.29) is 11.7 Å². The van der Waals surface area contributed by atoms with Gasteiger partial charge in [0.15, 0.2) is 5.96 Å². The number of fused-ring (bicyclic) bond motifs is 1. The first-order valence-corrected chi connectivity index (χ1v) is 8.61. The summed E-state index contributed by atoms with van der Waals surface area (Å²) in [6.07, 6.45) is -3.68. The van der Waals surface area contributed by atoms with Crippen molar-refractivity contribution in [2.75, 3.05) is 25.0 Å². The summed E-state index contributed by atoms with van der Waals surface area (Å²) < 4.78 is 40.3. The molecule has 3 rings (SSSR count). The molecule has 0 spiro atoms. The Kier molecular flexibility index (Phi) is 5.85. The molecule has 1 heterocycles. The lowest BCUT2D eigenvalue weighted by Crippen LogP contribution is -2.33. The molecule has 0 saturated heterocycles. The van der Waals surface area contributed by atoms with Gasteiger partial charge in [0, 0.05) is 25.3 Å². The van der Waals surface area contributed by atoms with E-state index < -0.39 is 6.36 Å². The van der Waals surface area contributed by atoms with Crippen LogP contribution in [0.5, 0.6) is 5.75 Å². The zero-order valence-corrected chi connectivity index (χ0v) is 14.7. The molecule has 0 fully saturated rings. The van der Waals surface area contributed by atoms with Crippen LogP contribution < -0.4 is 15.8 Å². The van der Waals surface area contributed by atoms with E-state index in [1.165, 1.54) is 35.4 Å². The molecule has 27 heavy (non-hydrogen) atoms. The molecule has 0 aromatic heterocycles. The van der Waals surface area contributed by atoms with Crippen LogP contribution in [0, 0.1) is 0 Å². The first-order chi connectivity index (χ1) is 12.9. The Morgan fingerprint density at radius 2 is 1.81 bits per heavy atom. The molecular weight excluding hydrogens is 357 g/mol. The van der Waals surface area contributed by atoms with Gasteiger partial charge in [0.05, 0.1) is 6.54 Å². The zero-order chi connectivity index (χ0) is 19.3. The molecular formula is C19H21F3N4O. The predicted molar refractivity (Wildman–Crippen MR) is 98.7 cm³/mol. The van der Waals surface area contributed by atoms with E-state index in [1.807, 2.05) is 6.07 Å². The summed E-state index contributed by atoms with van der Waals surface area (Å²) in [6, 6.07) is 13.8. The van der Waals surface area contributed by atoms with E-state index >= 15 is 0 Å². The lowest BCUT2D eigenvalue weighted by molar-refractivity contribution is -0.274. The molecule has 8 heteroatoms. The predicted octanol–water partition coefficient (Wildman–Crippen LogP) is 3.37. The zero-order valence-electron chi connectivity index (χ0n) is 14.7. The quantitative estimate of drug-likeness (QED) is 0.619. The van der Waals surface area contributed by atoms with Gasteiger partial charge in [-0.05, 0) is 41.8 Å². The Bertz CT molecular complexity index is 790. The van der Waals surface area contributed by atoms with Crippen LogP contribution in [0.15, 0.2) is 53.5 Å². The molecule has 0 bridgehead atoms. The van der Waals surface area contributed by atoms with Gasteiger partial charge in [-0.25, -0.2) is 0 Å². The number of benzene rings is 2. The molecule has 0 atom stereocenters. The number of guanidine groups is 1. The van der Waals surface area contributed by atoms with Crippen LogP contribution in [0.25, 0.3) is 0 Å². The minimum absolute atomic E-state index is 0.219. The van der Waals surface area contributed by atoms with Crippen LogP contribution in [0.1, 0.15) is 11.1 Å². The van der Waals surface area contributed by atoms with Crippen molar-refractivity contribution in [2.45, 2.75) is 19.3 Å². The van der Waals surface area contributed by atoms with Crippen molar-refractivity contribution in [2.24, 2.45) is 10.7 Å². The SMILES string of the molecule is NC(=NCCN1CCc2ccccc2C1)Nc1ccc(OC(F)(F)F)cc1. The van der Waals surface area contributed by atoms with Gasteiger partial charge >= 0.3 is 6.36 Å². The van der Waals surface area contributed by atoms with Gasteiger partial charge in [0.2, 0.25) is 0 Å². The van der Waals surface area contributed by atoms with Crippen LogP contribution in [0.4, 0.5) is 18.9 Å². The maximum absolute atomic E-state index is 12.1. The van der Waals surface area contributed by atoms with Crippen LogP contribution in [-0.2, 0) is 13.0 Å². The second kappa shape index (κ2) is 8.30. The van der Waals surface area contributed by atoms with Crippen LogP contribution in [0.2, 0.25) is 0 Å². The van der Waals surface area contributed by atoms with Crippen molar-refractivity contribution in [3.05, 3.63) is 59.7 Å². The number of rotatable bonds is 5. The number of hydrogen-bond donors (Lipinski definition) is 2. The maximum Gasteiger partial charge on any atom is 0.573 e. The van der Waals surface area contributed by atoms with Gasteiger partial charge in [-0.3, -0.25) is 9.89 Å². The molecule has 1 aliphatic rings. The Morgan fingerprint density at radius 1 is 1.11 bits per heavy atom. The average molecular weight is 378 g/mol. The van der Waals surface area contributed by atoms with Crippen LogP contribution in [0.3, 0.4) is 0 Å². The van der Waals surface area contributed by atoms with Crippen LogP contribution >= 0.6 is 0 Å². The lowest BCUT2D eigenvalue weighted by atomic mass is 10.0.